The third-order valence-electron chi connectivity index (χ3n) is 5.42. The molecule has 3 aromatic rings. The second-order valence-corrected chi connectivity index (χ2v) is 7.28. The average Bonchev–Trinajstić information content (AvgIpc) is 3.47. The van der Waals surface area contributed by atoms with Crippen molar-refractivity contribution in [1.29, 1.82) is 0 Å². The summed E-state index contributed by atoms with van der Waals surface area (Å²) in [6.07, 6.45) is 5.94. The molecule has 2 aromatic heterocycles. The molecule has 5 rings (SSSR count). The van der Waals surface area contributed by atoms with Gasteiger partial charge in [-0.1, -0.05) is 0 Å². The van der Waals surface area contributed by atoms with Crippen LogP contribution in [-0.4, -0.2) is 53.1 Å². The van der Waals surface area contributed by atoms with Crippen LogP contribution in [0.5, 0.6) is 5.88 Å². The van der Waals surface area contributed by atoms with Gasteiger partial charge in [-0.15, -0.1) is 0 Å². The van der Waals surface area contributed by atoms with E-state index >= 15 is 0 Å². The van der Waals surface area contributed by atoms with Gasteiger partial charge in [0.25, 0.3) is 0 Å². The summed E-state index contributed by atoms with van der Waals surface area (Å²) in [6, 6.07) is 6.29. The molecule has 0 atom stereocenters. The SMILES string of the molecule is COc1ncnc2ccc(N3CCN(Cc4ncc(C5CC5)o4)CC3)cc12. The predicted octanol–water partition coefficient (Wildman–Crippen LogP) is 2.83. The molecule has 1 aromatic carbocycles. The smallest absolute Gasteiger partial charge is 0.224 e. The molecule has 1 aliphatic heterocycles. The predicted molar refractivity (Wildman–Crippen MR) is 102 cm³/mol. The minimum atomic E-state index is 0.621. The van der Waals surface area contributed by atoms with E-state index in [-0.39, 0.29) is 0 Å². The van der Waals surface area contributed by atoms with E-state index < -0.39 is 0 Å². The Labute approximate surface area is 158 Å². The monoisotopic (exact) mass is 365 g/mol. The van der Waals surface area contributed by atoms with Crippen molar-refractivity contribution < 1.29 is 9.15 Å². The lowest BCUT2D eigenvalue weighted by Gasteiger charge is -2.35. The molecule has 2 fully saturated rings. The number of rotatable bonds is 5. The van der Waals surface area contributed by atoms with Crippen molar-refractivity contribution in [2.75, 3.05) is 38.2 Å². The highest BCUT2D eigenvalue weighted by Gasteiger charge is 2.28. The lowest BCUT2D eigenvalue weighted by molar-refractivity contribution is 0.224. The largest absolute Gasteiger partial charge is 0.480 e. The highest BCUT2D eigenvalue weighted by Crippen LogP contribution is 2.40. The molecule has 7 heteroatoms. The zero-order valence-electron chi connectivity index (χ0n) is 15.5. The normalized spacial score (nSPS) is 18.2. The Kier molecular flexibility index (Phi) is 4.16. The molecule has 3 heterocycles. The molecule has 27 heavy (non-hydrogen) atoms. The van der Waals surface area contributed by atoms with Gasteiger partial charge in [-0.2, -0.15) is 0 Å². The number of oxazole rings is 1. The zero-order chi connectivity index (χ0) is 18.2. The summed E-state index contributed by atoms with van der Waals surface area (Å²) in [5.41, 5.74) is 2.09. The van der Waals surface area contributed by atoms with Crippen LogP contribution in [0.2, 0.25) is 0 Å². The molecule has 0 radical (unpaired) electrons. The number of ether oxygens (including phenoxy) is 1. The highest BCUT2D eigenvalue weighted by molar-refractivity contribution is 5.86. The quantitative estimate of drug-likeness (QED) is 0.689. The van der Waals surface area contributed by atoms with E-state index in [1.165, 1.54) is 24.9 Å². The van der Waals surface area contributed by atoms with Crippen molar-refractivity contribution in [2.24, 2.45) is 0 Å². The molecule has 1 saturated heterocycles. The number of hydrogen-bond donors (Lipinski definition) is 0. The lowest BCUT2D eigenvalue weighted by Crippen LogP contribution is -2.46. The van der Waals surface area contributed by atoms with E-state index in [0.29, 0.717) is 11.8 Å². The van der Waals surface area contributed by atoms with Crippen LogP contribution in [0.25, 0.3) is 10.9 Å². The summed E-state index contributed by atoms with van der Waals surface area (Å²) in [7, 11) is 1.64. The van der Waals surface area contributed by atoms with Gasteiger partial charge in [0.1, 0.15) is 12.1 Å². The van der Waals surface area contributed by atoms with E-state index in [0.717, 1.165) is 55.3 Å². The molecule has 0 unspecified atom stereocenters. The Morgan fingerprint density at radius 1 is 1.11 bits per heavy atom. The van der Waals surface area contributed by atoms with Crippen LogP contribution in [0, 0.1) is 0 Å². The third kappa shape index (κ3) is 3.35. The van der Waals surface area contributed by atoms with Crippen LogP contribution in [0.4, 0.5) is 5.69 Å². The Morgan fingerprint density at radius 3 is 2.74 bits per heavy atom. The van der Waals surface area contributed by atoms with Gasteiger partial charge in [-0.25, -0.2) is 15.0 Å². The summed E-state index contributed by atoms with van der Waals surface area (Å²) < 4.78 is 11.3. The summed E-state index contributed by atoms with van der Waals surface area (Å²) in [6.45, 7) is 4.71. The first kappa shape index (κ1) is 16.5. The Bertz CT molecular complexity index is 944. The van der Waals surface area contributed by atoms with E-state index in [1.54, 1.807) is 7.11 Å². The Balaban J connectivity index is 1.25. The first-order chi connectivity index (χ1) is 13.3. The number of benzene rings is 1. The van der Waals surface area contributed by atoms with Gasteiger partial charge in [-0.05, 0) is 31.0 Å². The molecular weight excluding hydrogens is 342 g/mol. The average molecular weight is 365 g/mol. The second kappa shape index (κ2) is 6.81. The molecule has 0 spiro atoms. The third-order valence-corrected chi connectivity index (χ3v) is 5.42. The number of piperazine rings is 1. The van der Waals surface area contributed by atoms with Crippen LogP contribution in [-0.2, 0) is 6.54 Å². The summed E-state index contributed by atoms with van der Waals surface area (Å²) >= 11 is 0. The maximum atomic E-state index is 5.90. The number of nitrogens with zero attached hydrogens (tertiary/aromatic N) is 5. The minimum Gasteiger partial charge on any atom is -0.480 e. The van der Waals surface area contributed by atoms with Gasteiger partial charge in [-0.3, -0.25) is 4.90 Å². The first-order valence-electron chi connectivity index (χ1n) is 9.51. The molecule has 2 aliphatic rings. The van der Waals surface area contributed by atoms with Gasteiger partial charge >= 0.3 is 0 Å². The Hall–Kier alpha value is -2.67. The second-order valence-electron chi connectivity index (χ2n) is 7.28. The zero-order valence-corrected chi connectivity index (χ0v) is 15.5. The number of hydrogen-bond acceptors (Lipinski definition) is 7. The van der Waals surface area contributed by atoms with Crippen LogP contribution in [0.1, 0.15) is 30.4 Å². The molecule has 7 nitrogen and oxygen atoms in total. The summed E-state index contributed by atoms with van der Waals surface area (Å²) in [5.74, 6) is 3.15. The Morgan fingerprint density at radius 2 is 1.96 bits per heavy atom. The van der Waals surface area contributed by atoms with E-state index in [1.807, 2.05) is 12.3 Å². The number of anilines is 1. The van der Waals surface area contributed by atoms with Crippen LogP contribution in [0.15, 0.2) is 35.1 Å². The number of aromatic nitrogens is 3. The maximum absolute atomic E-state index is 5.90. The molecule has 0 bridgehead atoms. The fourth-order valence-corrected chi connectivity index (χ4v) is 3.69. The van der Waals surface area contributed by atoms with Crippen LogP contribution >= 0.6 is 0 Å². The fraction of sp³-hybridized carbons (Fsp3) is 0.450. The summed E-state index contributed by atoms with van der Waals surface area (Å²) in [5, 5.41) is 0.951. The molecule has 0 amide bonds. The molecule has 1 aliphatic carbocycles. The fourth-order valence-electron chi connectivity index (χ4n) is 3.69. The molecule has 1 saturated carbocycles. The lowest BCUT2D eigenvalue weighted by atomic mass is 10.2. The van der Waals surface area contributed by atoms with Crippen LogP contribution in [0.3, 0.4) is 0 Å². The van der Waals surface area contributed by atoms with E-state index in [9.17, 15) is 0 Å². The molecule has 140 valence electrons. The van der Waals surface area contributed by atoms with Crippen molar-refractivity contribution >= 4 is 16.6 Å². The van der Waals surface area contributed by atoms with Gasteiger partial charge in [0.15, 0.2) is 0 Å². The first-order valence-corrected chi connectivity index (χ1v) is 9.51. The molecular formula is C20H23N5O2. The van der Waals surface area contributed by atoms with Gasteiger partial charge < -0.3 is 14.1 Å². The topological polar surface area (TPSA) is 67.5 Å². The number of fused-ring (bicyclic) bond motifs is 1. The van der Waals surface area contributed by atoms with Gasteiger partial charge in [0.05, 0.1) is 30.8 Å². The van der Waals surface area contributed by atoms with Crippen molar-refractivity contribution in [3.05, 3.63) is 42.4 Å². The van der Waals surface area contributed by atoms with Crippen molar-refractivity contribution in [3.8, 4) is 5.88 Å². The van der Waals surface area contributed by atoms with Crippen molar-refractivity contribution in [1.82, 2.24) is 19.9 Å². The van der Waals surface area contributed by atoms with E-state index in [2.05, 4.69) is 36.9 Å². The van der Waals surface area contributed by atoms with Crippen LogP contribution < -0.4 is 9.64 Å². The minimum absolute atomic E-state index is 0.621. The highest BCUT2D eigenvalue weighted by atomic mass is 16.5. The molecule has 0 N–H and O–H groups in total. The van der Waals surface area contributed by atoms with Gasteiger partial charge in [0, 0.05) is 37.8 Å². The van der Waals surface area contributed by atoms with Crippen molar-refractivity contribution in [2.45, 2.75) is 25.3 Å². The van der Waals surface area contributed by atoms with Crippen molar-refractivity contribution in [3.63, 3.8) is 0 Å². The van der Waals surface area contributed by atoms with Gasteiger partial charge in [0.2, 0.25) is 11.8 Å². The summed E-state index contributed by atoms with van der Waals surface area (Å²) in [4.78, 5) is 17.8. The standard InChI is InChI=1S/C20H23N5O2/c1-26-20-16-10-15(4-5-17(16)22-13-23-20)25-8-6-24(7-9-25)12-19-21-11-18(27-19)14-2-3-14/h4-5,10-11,13-14H,2-3,6-9,12H2,1H3. The van der Waals surface area contributed by atoms with E-state index in [4.69, 9.17) is 9.15 Å². The number of methoxy groups -OCH3 is 1. The maximum Gasteiger partial charge on any atom is 0.224 e.